The average Bonchev–Trinajstić information content (AvgIpc) is 2.29. The molecule has 0 saturated heterocycles. The molecule has 0 saturated carbocycles. The predicted octanol–water partition coefficient (Wildman–Crippen LogP) is 3.39. The molecule has 0 spiro atoms. The molecule has 0 aliphatic heterocycles. The predicted molar refractivity (Wildman–Crippen MR) is 69.8 cm³/mol. The van der Waals surface area contributed by atoms with Gasteiger partial charge < -0.3 is 0 Å². The van der Waals surface area contributed by atoms with Gasteiger partial charge in [0.2, 0.25) is 0 Å². The van der Waals surface area contributed by atoms with E-state index in [9.17, 15) is 0 Å². The maximum Gasteiger partial charge on any atom is 0.0811 e. The molecule has 3 rings (SSSR count). The van der Waals surface area contributed by atoms with Gasteiger partial charge in [-0.2, -0.15) is 0 Å². The van der Waals surface area contributed by atoms with Crippen LogP contribution in [0.25, 0.3) is 21.8 Å². The van der Waals surface area contributed by atoms with E-state index in [1.165, 1.54) is 3.57 Å². The lowest BCUT2D eigenvalue weighted by atomic mass is 10.1. The van der Waals surface area contributed by atoms with Crippen molar-refractivity contribution in [3.05, 3.63) is 46.3 Å². The summed E-state index contributed by atoms with van der Waals surface area (Å²) in [7, 11) is 0. The van der Waals surface area contributed by atoms with Gasteiger partial charge in [-0.1, -0.05) is 0 Å². The molecule has 0 bridgehead atoms. The van der Waals surface area contributed by atoms with E-state index in [1.807, 2.05) is 30.6 Å². The minimum atomic E-state index is 1.00. The number of fused-ring (bicyclic) bond motifs is 3. The molecule has 0 fully saturated rings. The number of halogens is 1. The second-order valence-corrected chi connectivity index (χ2v) is 4.61. The summed E-state index contributed by atoms with van der Waals surface area (Å²) in [5, 5.41) is 2.21. The number of benzene rings is 1. The first-order valence-electron chi connectivity index (χ1n) is 4.63. The quantitative estimate of drug-likeness (QED) is 0.470. The van der Waals surface area contributed by atoms with Crippen molar-refractivity contribution in [2.24, 2.45) is 0 Å². The second-order valence-electron chi connectivity index (χ2n) is 3.36. The minimum Gasteiger partial charge on any atom is -0.255 e. The van der Waals surface area contributed by atoms with Crippen LogP contribution >= 0.6 is 22.6 Å². The van der Waals surface area contributed by atoms with Crippen molar-refractivity contribution in [3.8, 4) is 0 Å². The Balaban J connectivity index is 2.57. The molecule has 3 heteroatoms. The third kappa shape index (κ3) is 1.47. The summed E-state index contributed by atoms with van der Waals surface area (Å²) in [5.41, 5.74) is 2.03. The normalized spacial score (nSPS) is 11.0. The van der Waals surface area contributed by atoms with E-state index in [0.29, 0.717) is 0 Å². The largest absolute Gasteiger partial charge is 0.255 e. The summed E-state index contributed by atoms with van der Waals surface area (Å²) in [6.45, 7) is 0. The Hall–Kier alpha value is -1.23. The van der Waals surface area contributed by atoms with Crippen molar-refractivity contribution < 1.29 is 0 Å². The third-order valence-corrected chi connectivity index (χ3v) is 3.07. The smallest absolute Gasteiger partial charge is 0.0811 e. The molecule has 15 heavy (non-hydrogen) atoms. The zero-order chi connectivity index (χ0) is 10.3. The van der Waals surface area contributed by atoms with Gasteiger partial charge in [0.15, 0.2) is 0 Å². The van der Waals surface area contributed by atoms with Crippen LogP contribution in [0.5, 0.6) is 0 Å². The summed E-state index contributed by atoms with van der Waals surface area (Å²) in [5.74, 6) is 0. The molecule has 0 atom stereocenters. The molecule has 2 aromatic heterocycles. The molecule has 0 amide bonds. The van der Waals surface area contributed by atoms with Crippen molar-refractivity contribution in [1.82, 2.24) is 9.97 Å². The Labute approximate surface area is 100 Å². The first-order chi connectivity index (χ1) is 7.34. The summed E-state index contributed by atoms with van der Waals surface area (Å²) in [6, 6.07) is 10.2. The minimum absolute atomic E-state index is 1.00. The summed E-state index contributed by atoms with van der Waals surface area (Å²) < 4.78 is 1.21. The maximum absolute atomic E-state index is 4.41. The highest BCUT2D eigenvalue weighted by Gasteiger charge is 2.02. The van der Waals surface area contributed by atoms with Gasteiger partial charge in [0.05, 0.1) is 11.0 Å². The van der Waals surface area contributed by atoms with Gasteiger partial charge in [-0.05, 0) is 52.9 Å². The van der Waals surface area contributed by atoms with Gasteiger partial charge in [0.25, 0.3) is 0 Å². The molecule has 3 aromatic rings. The number of nitrogens with zero attached hydrogens (tertiary/aromatic N) is 2. The highest BCUT2D eigenvalue weighted by molar-refractivity contribution is 14.1. The van der Waals surface area contributed by atoms with Gasteiger partial charge in [-0.15, -0.1) is 0 Å². The van der Waals surface area contributed by atoms with E-state index < -0.39 is 0 Å². The Morgan fingerprint density at radius 1 is 1.07 bits per heavy atom. The Morgan fingerprint density at radius 2 is 2.00 bits per heavy atom. The highest BCUT2D eigenvalue weighted by atomic mass is 127. The van der Waals surface area contributed by atoms with Crippen molar-refractivity contribution >= 4 is 44.4 Å². The van der Waals surface area contributed by atoms with Crippen molar-refractivity contribution in [2.75, 3.05) is 0 Å². The van der Waals surface area contributed by atoms with Crippen molar-refractivity contribution in [2.45, 2.75) is 0 Å². The van der Waals surface area contributed by atoms with E-state index in [2.05, 4.69) is 44.7 Å². The lowest BCUT2D eigenvalue weighted by Crippen LogP contribution is -1.85. The number of aromatic nitrogens is 2. The third-order valence-electron chi connectivity index (χ3n) is 2.40. The van der Waals surface area contributed by atoms with Gasteiger partial charge in [0.1, 0.15) is 0 Å². The summed E-state index contributed by atoms with van der Waals surface area (Å²) >= 11 is 2.31. The van der Waals surface area contributed by atoms with E-state index in [-0.39, 0.29) is 0 Å². The van der Waals surface area contributed by atoms with Gasteiger partial charge >= 0.3 is 0 Å². The lowest BCUT2D eigenvalue weighted by molar-refractivity contribution is 1.38. The monoisotopic (exact) mass is 306 g/mol. The molecule has 2 nitrogen and oxygen atoms in total. The van der Waals surface area contributed by atoms with Crippen LogP contribution < -0.4 is 0 Å². The fourth-order valence-corrected chi connectivity index (χ4v) is 2.19. The molecule has 0 radical (unpaired) electrons. The van der Waals surface area contributed by atoms with Crippen LogP contribution in [0.15, 0.2) is 42.7 Å². The van der Waals surface area contributed by atoms with Crippen molar-refractivity contribution in [3.63, 3.8) is 0 Å². The fraction of sp³-hybridized carbons (Fsp3) is 0. The molecular weight excluding hydrogens is 299 g/mol. The topological polar surface area (TPSA) is 25.8 Å². The molecule has 2 heterocycles. The SMILES string of the molecule is Ic1ccc2ncc3cccnc3c2c1. The van der Waals surface area contributed by atoms with E-state index in [1.54, 1.807) is 0 Å². The Kier molecular flexibility index (Phi) is 2.05. The van der Waals surface area contributed by atoms with Crippen LogP contribution in [-0.2, 0) is 0 Å². The molecule has 1 aromatic carbocycles. The number of hydrogen-bond donors (Lipinski definition) is 0. The summed E-state index contributed by atoms with van der Waals surface area (Å²) in [6.07, 6.45) is 3.69. The number of rotatable bonds is 0. The first kappa shape index (κ1) is 9.03. The van der Waals surface area contributed by atoms with E-state index in [0.717, 1.165) is 21.8 Å². The molecular formula is C12H7IN2. The van der Waals surface area contributed by atoms with Crippen molar-refractivity contribution in [1.29, 1.82) is 0 Å². The van der Waals surface area contributed by atoms with Crippen LogP contribution in [0.2, 0.25) is 0 Å². The van der Waals surface area contributed by atoms with Crippen LogP contribution in [0.3, 0.4) is 0 Å². The molecule has 0 aliphatic carbocycles. The highest BCUT2D eigenvalue weighted by Crippen LogP contribution is 2.22. The zero-order valence-electron chi connectivity index (χ0n) is 7.81. The van der Waals surface area contributed by atoms with Gasteiger partial charge in [0, 0.05) is 26.7 Å². The van der Waals surface area contributed by atoms with Crippen LogP contribution in [0, 0.1) is 3.57 Å². The number of hydrogen-bond acceptors (Lipinski definition) is 2. The second kappa shape index (κ2) is 3.41. The average molecular weight is 306 g/mol. The molecule has 72 valence electrons. The zero-order valence-corrected chi connectivity index (χ0v) is 9.97. The first-order valence-corrected chi connectivity index (χ1v) is 5.71. The fourth-order valence-electron chi connectivity index (χ4n) is 1.70. The van der Waals surface area contributed by atoms with Gasteiger partial charge in [-0.25, -0.2) is 0 Å². The van der Waals surface area contributed by atoms with E-state index >= 15 is 0 Å². The van der Waals surface area contributed by atoms with Gasteiger partial charge in [-0.3, -0.25) is 9.97 Å². The van der Waals surface area contributed by atoms with E-state index in [4.69, 9.17) is 0 Å². The maximum atomic E-state index is 4.41. The Bertz CT molecular complexity index is 649. The molecule has 0 N–H and O–H groups in total. The number of pyridine rings is 2. The van der Waals surface area contributed by atoms with Crippen LogP contribution in [0.1, 0.15) is 0 Å². The van der Waals surface area contributed by atoms with Crippen LogP contribution in [0.4, 0.5) is 0 Å². The Morgan fingerprint density at radius 3 is 2.93 bits per heavy atom. The van der Waals surface area contributed by atoms with Crippen LogP contribution in [-0.4, -0.2) is 9.97 Å². The standard InChI is InChI=1S/C12H7IN2/c13-9-3-4-11-10(6-9)12-8(7-15-11)2-1-5-14-12/h1-7H. The molecule has 0 unspecified atom stereocenters. The lowest BCUT2D eigenvalue weighted by Gasteiger charge is -2.01. The molecule has 0 aliphatic rings. The summed E-state index contributed by atoms with van der Waals surface area (Å²) in [4.78, 5) is 8.81.